The topological polar surface area (TPSA) is 74.4 Å². The first-order chi connectivity index (χ1) is 12.0. The number of hydrogen-bond donors (Lipinski definition) is 4. The van der Waals surface area contributed by atoms with Gasteiger partial charge in [-0.1, -0.05) is 30.3 Å². The van der Waals surface area contributed by atoms with Gasteiger partial charge in [-0.15, -0.1) is 0 Å². The van der Waals surface area contributed by atoms with Crippen LogP contribution >= 0.6 is 24.4 Å². The number of nitrogens with one attached hydrogen (secondary N) is 4. The van der Waals surface area contributed by atoms with Crippen molar-refractivity contribution in [3.05, 3.63) is 60.2 Å². The van der Waals surface area contributed by atoms with Crippen LogP contribution in [-0.4, -0.2) is 22.7 Å². The number of hydrazine groups is 1. The number of aryl methyl sites for hydroxylation is 1. The molecular weight excluding hydrogens is 356 g/mol. The molecule has 0 aliphatic heterocycles. The third-order valence-corrected chi connectivity index (χ3v) is 3.34. The average molecular weight is 374 g/mol. The number of rotatable bonds is 4. The van der Waals surface area contributed by atoms with Gasteiger partial charge in [0.2, 0.25) is 0 Å². The maximum atomic E-state index is 11.8. The van der Waals surface area contributed by atoms with Crippen LogP contribution in [-0.2, 0) is 4.79 Å². The molecule has 0 aliphatic rings. The van der Waals surface area contributed by atoms with Crippen LogP contribution in [0.5, 0.6) is 5.75 Å². The Morgan fingerprint density at radius 2 is 1.72 bits per heavy atom. The lowest BCUT2D eigenvalue weighted by Crippen LogP contribution is -2.50. The van der Waals surface area contributed by atoms with Gasteiger partial charge in [0.05, 0.1) is 0 Å². The SMILES string of the molecule is Cc1cccc(OCC(=O)NC(=S)NNC(=S)Nc2ccccc2)c1. The van der Waals surface area contributed by atoms with E-state index in [1.807, 2.05) is 55.5 Å². The summed E-state index contributed by atoms with van der Waals surface area (Å²) in [6.07, 6.45) is 0. The van der Waals surface area contributed by atoms with Gasteiger partial charge in [-0.05, 0) is 61.2 Å². The fourth-order valence-electron chi connectivity index (χ4n) is 1.85. The van der Waals surface area contributed by atoms with Crippen LogP contribution in [0.3, 0.4) is 0 Å². The molecular formula is C17H18N4O2S2. The highest BCUT2D eigenvalue weighted by Gasteiger charge is 2.06. The van der Waals surface area contributed by atoms with Gasteiger partial charge in [0.15, 0.2) is 16.8 Å². The summed E-state index contributed by atoms with van der Waals surface area (Å²) >= 11 is 10.1. The molecule has 2 aromatic carbocycles. The van der Waals surface area contributed by atoms with E-state index in [1.165, 1.54) is 0 Å². The first-order valence-corrected chi connectivity index (χ1v) is 8.26. The summed E-state index contributed by atoms with van der Waals surface area (Å²) in [7, 11) is 0. The third kappa shape index (κ3) is 7.15. The Morgan fingerprint density at radius 1 is 1.00 bits per heavy atom. The van der Waals surface area contributed by atoms with Crippen LogP contribution in [0.25, 0.3) is 0 Å². The summed E-state index contributed by atoms with van der Waals surface area (Å²) < 4.78 is 5.40. The predicted molar refractivity (Wildman–Crippen MR) is 106 cm³/mol. The van der Waals surface area contributed by atoms with Crippen molar-refractivity contribution in [1.82, 2.24) is 16.2 Å². The Kier molecular flexibility index (Phi) is 7.12. The van der Waals surface area contributed by atoms with E-state index in [9.17, 15) is 4.79 Å². The molecule has 0 fully saturated rings. The first kappa shape index (κ1) is 18.6. The lowest BCUT2D eigenvalue weighted by atomic mass is 10.2. The number of anilines is 1. The molecule has 130 valence electrons. The highest BCUT2D eigenvalue weighted by Crippen LogP contribution is 2.11. The van der Waals surface area contributed by atoms with Crippen molar-refractivity contribution in [1.29, 1.82) is 0 Å². The molecule has 0 saturated heterocycles. The Balaban J connectivity index is 1.67. The third-order valence-electron chi connectivity index (χ3n) is 2.93. The minimum Gasteiger partial charge on any atom is -0.484 e. The van der Waals surface area contributed by atoms with Crippen LogP contribution in [0.15, 0.2) is 54.6 Å². The zero-order valence-corrected chi connectivity index (χ0v) is 15.2. The second-order valence-corrected chi connectivity index (χ2v) is 5.87. The fraction of sp³-hybridized carbons (Fsp3) is 0.118. The van der Waals surface area contributed by atoms with E-state index in [-0.39, 0.29) is 17.6 Å². The standard InChI is InChI=1S/C17H18N4O2S2/c1-12-6-5-9-14(10-12)23-11-15(22)19-17(25)21-20-16(24)18-13-7-3-2-4-8-13/h2-10H,11H2,1H3,(H2,18,20,24)(H2,19,21,22,25). The first-order valence-electron chi connectivity index (χ1n) is 7.44. The smallest absolute Gasteiger partial charge is 0.264 e. The van der Waals surface area contributed by atoms with E-state index in [2.05, 4.69) is 21.5 Å². The summed E-state index contributed by atoms with van der Waals surface area (Å²) in [4.78, 5) is 11.8. The van der Waals surface area contributed by atoms with Crippen molar-refractivity contribution in [2.24, 2.45) is 0 Å². The molecule has 0 saturated carbocycles. The summed E-state index contributed by atoms with van der Waals surface area (Å²) in [5, 5.41) is 5.86. The van der Waals surface area contributed by atoms with Gasteiger partial charge in [0, 0.05) is 5.69 Å². The molecule has 0 atom stereocenters. The molecule has 4 N–H and O–H groups in total. The van der Waals surface area contributed by atoms with E-state index < -0.39 is 0 Å². The second kappa shape index (κ2) is 9.55. The lowest BCUT2D eigenvalue weighted by molar-refractivity contribution is -0.121. The quantitative estimate of drug-likeness (QED) is 0.483. The molecule has 0 aliphatic carbocycles. The minimum atomic E-state index is -0.372. The molecule has 25 heavy (non-hydrogen) atoms. The van der Waals surface area contributed by atoms with Crippen LogP contribution < -0.4 is 26.2 Å². The molecule has 0 heterocycles. The minimum absolute atomic E-state index is 0.0926. The molecule has 0 unspecified atom stereocenters. The number of carbonyl (C=O) groups excluding carboxylic acids is 1. The van der Waals surface area contributed by atoms with Gasteiger partial charge in [-0.3, -0.25) is 21.0 Å². The van der Waals surface area contributed by atoms with Crippen molar-refractivity contribution in [3.63, 3.8) is 0 Å². The Labute approximate surface area is 156 Å². The molecule has 0 spiro atoms. The van der Waals surface area contributed by atoms with E-state index in [0.29, 0.717) is 10.9 Å². The molecule has 0 aromatic heterocycles. The van der Waals surface area contributed by atoms with E-state index in [0.717, 1.165) is 11.3 Å². The maximum Gasteiger partial charge on any atom is 0.264 e. The number of amides is 1. The second-order valence-electron chi connectivity index (χ2n) is 5.05. The zero-order valence-electron chi connectivity index (χ0n) is 13.5. The van der Waals surface area contributed by atoms with Gasteiger partial charge in [-0.25, -0.2) is 0 Å². The summed E-state index contributed by atoms with van der Waals surface area (Å²) in [6.45, 7) is 1.81. The van der Waals surface area contributed by atoms with Crippen LogP contribution in [0.4, 0.5) is 5.69 Å². The number of para-hydroxylation sites is 1. The maximum absolute atomic E-state index is 11.8. The van der Waals surface area contributed by atoms with Gasteiger partial charge >= 0.3 is 0 Å². The lowest BCUT2D eigenvalue weighted by Gasteiger charge is -2.14. The average Bonchev–Trinajstić information content (AvgIpc) is 2.59. The van der Waals surface area contributed by atoms with Crippen LogP contribution in [0.1, 0.15) is 5.56 Å². The van der Waals surface area contributed by atoms with E-state index >= 15 is 0 Å². The van der Waals surface area contributed by atoms with Gasteiger partial charge in [0.1, 0.15) is 5.75 Å². The molecule has 2 rings (SSSR count). The number of carbonyl (C=O) groups is 1. The Hall–Kier alpha value is -2.71. The van der Waals surface area contributed by atoms with Crippen molar-refractivity contribution >= 4 is 46.3 Å². The monoisotopic (exact) mass is 374 g/mol. The number of ether oxygens (including phenoxy) is 1. The van der Waals surface area contributed by atoms with E-state index in [4.69, 9.17) is 29.2 Å². The van der Waals surface area contributed by atoms with Crippen LogP contribution in [0, 0.1) is 6.92 Å². The molecule has 0 radical (unpaired) electrons. The highest BCUT2D eigenvalue weighted by molar-refractivity contribution is 7.80. The summed E-state index contributed by atoms with van der Waals surface area (Å²) in [5.74, 6) is 0.253. The summed E-state index contributed by atoms with van der Waals surface area (Å²) in [5.41, 5.74) is 7.21. The zero-order chi connectivity index (χ0) is 18.1. The van der Waals surface area contributed by atoms with E-state index in [1.54, 1.807) is 6.07 Å². The van der Waals surface area contributed by atoms with Gasteiger partial charge < -0.3 is 10.1 Å². The Morgan fingerprint density at radius 3 is 2.44 bits per heavy atom. The highest BCUT2D eigenvalue weighted by atomic mass is 32.1. The normalized spacial score (nSPS) is 9.64. The number of hydrogen-bond acceptors (Lipinski definition) is 4. The number of thiocarbonyl (C=S) groups is 2. The van der Waals surface area contributed by atoms with Crippen LogP contribution in [0.2, 0.25) is 0 Å². The molecule has 6 nitrogen and oxygen atoms in total. The predicted octanol–water partition coefficient (Wildman–Crippen LogP) is 2.27. The molecule has 0 bridgehead atoms. The fourth-order valence-corrected chi connectivity index (χ4v) is 2.18. The van der Waals surface area contributed by atoms with Gasteiger partial charge in [0.25, 0.3) is 5.91 Å². The summed E-state index contributed by atoms with van der Waals surface area (Å²) in [6, 6.07) is 16.9. The Bertz CT molecular complexity index is 753. The van der Waals surface area contributed by atoms with Crippen molar-refractivity contribution in [2.75, 3.05) is 11.9 Å². The molecule has 8 heteroatoms. The van der Waals surface area contributed by atoms with Crippen molar-refractivity contribution in [2.45, 2.75) is 6.92 Å². The van der Waals surface area contributed by atoms with Gasteiger partial charge in [-0.2, -0.15) is 0 Å². The molecule has 1 amide bonds. The van der Waals surface area contributed by atoms with Crippen molar-refractivity contribution in [3.8, 4) is 5.75 Å². The van der Waals surface area contributed by atoms with Crippen molar-refractivity contribution < 1.29 is 9.53 Å². The molecule has 2 aromatic rings. The largest absolute Gasteiger partial charge is 0.484 e. The number of benzene rings is 2.